The van der Waals surface area contributed by atoms with Crippen molar-refractivity contribution in [3.8, 4) is 5.69 Å². The summed E-state index contributed by atoms with van der Waals surface area (Å²) in [6, 6.07) is 6.35. The van der Waals surface area contributed by atoms with Gasteiger partial charge in [-0.25, -0.2) is 10.5 Å². The van der Waals surface area contributed by atoms with Crippen molar-refractivity contribution in [2.75, 3.05) is 18.8 Å². The van der Waals surface area contributed by atoms with Crippen LogP contribution in [0.15, 0.2) is 41.5 Å². The van der Waals surface area contributed by atoms with Crippen LogP contribution in [0.1, 0.15) is 5.56 Å². The molecule has 4 N–H and O–H groups in total. The Balaban J connectivity index is 0.000000246. The molecule has 1 aromatic carbocycles. The first-order valence-electron chi connectivity index (χ1n) is 6.36. The second-order valence-electron chi connectivity index (χ2n) is 4.48. The molecule has 0 radical (unpaired) electrons. The lowest BCUT2D eigenvalue weighted by atomic mass is 10.2. The van der Waals surface area contributed by atoms with E-state index < -0.39 is 11.7 Å². The van der Waals surface area contributed by atoms with Crippen molar-refractivity contribution >= 4 is 12.2 Å². The largest absolute Gasteiger partial charge is 0.416 e. The molecular formula is C13H15F3N6. The maximum Gasteiger partial charge on any atom is 0.416 e. The second-order valence-corrected chi connectivity index (χ2v) is 4.48. The monoisotopic (exact) mass is 312 g/mol. The van der Waals surface area contributed by atoms with Crippen LogP contribution in [0.3, 0.4) is 0 Å². The number of alkyl halides is 3. The summed E-state index contributed by atoms with van der Waals surface area (Å²) in [5.41, 5.74) is 5.12. The molecule has 0 saturated heterocycles. The standard InChI is InChI=1S/C10H8F3N3.C3H7N3/c11-10(12,13)7-2-1-3-8(6-7)16-9(14)4-5-15-16;4-6-2-1-5-3-6/h1-6H,14H2;3H,1-2,4H2. The molecule has 3 rings (SSSR count). The molecule has 0 bridgehead atoms. The number of hydrazine groups is 1. The quantitative estimate of drug-likeness (QED) is 0.785. The van der Waals surface area contributed by atoms with E-state index >= 15 is 0 Å². The van der Waals surface area contributed by atoms with Gasteiger partial charge in [0.15, 0.2) is 0 Å². The Morgan fingerprint density at radius 1 is 1.18 bits per heavy atom. The molecule has 9 heteroatoms. The number of hydrogen-bond donors (Lipinski definition) is 2. The average molecular weight is 312 g/mol. The number of nitrogen functional groups attached to an aromatic ring is 1. The van der Waals surface area contributed by atoms with Gasteiger partial charge in [-0.1, -0.05) is 6.07 Å². The van der Waals surface area contributed by atoms with E-state index in [1.165, 1.54) is 29.1 Å². The summed E-state index contributed by atoms with van der Waals surface area (Å²) in [5, 5.41) is 5.40. The first-order chi connectivity index (χ1) is 10.4. The fourth-order valence-electron chi connectivity index (χ4n) is 1.74. The SMILES string of the molecule is NN1C=NCC1.Nc1ccnn1-c1cccc(C(F)(F)F)c1. The fraction of sp³-hybridized carbons (Fsp3) is 0.231. The van der Waals surface area contributed by atoms with Crippen LogP contribution in [0.4, 0.5) is 19.0 Å². The zero-order valence-corrected chi connectivity index (χ0v) is 11.5. The third-order valence-corrected chi connectivity index (χ3v) is 2.81. The average Bonchev–Trinajstić information content (AvgIpc) is 3.10. The van der Waals surface area contributed by atoms with Crippen LogP contribution in [0.5, 0.6) is 0 Å². The van der Waals surface area contributed by atoms with Crippen molar-refractivity contribution in [1.29, 1.82) is 0 Å². The van der Waals surface area contributed by atoms with E-state index in [0.717, 1.165) is 25.2 Å². The maximum absolute atomic E-state index is 12.4. The van der Waals surface area contributed by atoms with E-state index in [9.17, 15) is 13.2 Å². The van der Waals surface area contributed by atoms with Gasteiger partial charge in [0.1, 0.15) is 5.82 Å². The number of halogens is 3. The molecule has 0 amide bonds. The molecule has 1 aliphatic heterocycles. The van der Waals surface area contributed by atoms with Crippen molar-refractivity contribution in [2.45, 2.75) is 6.18 Å². The molecule has 1 aromatic heterocycles. The van der Waals surface area contributed by atoms with Gasteiger partial charge in [0.25, 0.3) is 0 Å². The van der Waals surface area contributed by atoms with Crippen molar-refractivity contribution in [2.24, 2.45) is 10.8 Å². The zero-order chi connectivity index (χ0) is 16.2. The lowest BCUT2D eigenvalue weighted by Crippen LogP contribution is -2.26. The normalized spacial score (nSPS) is 13.9. The minimum Gasteiger partial charge on any atom is -0.384 e. The summed E-state index contributed by atoms with van der Waals surface area (Å²) in [4.78, 5) is 3.84. The Bertz CT molecular complexity index is 649. The summed E-state index contributed by atoms with van der Waals surface area (Å²) >= 11 is 0. The van der Waals surface area contributed by atoms with E-state index in [1.54, 1.807) is 11.3 Å². The molecule has 0 spiro atoms. The predicted octanol–water partition coefficient (Wildman–Crippen LogP) is 1.68. The molecule has 6 nitrogen and oxygen atoms in total. The van der Waals surface area contributed by atoms with Crippen molar-refractivity contribution in [1.82, 2.24) is 14.8 Å². The van der Waals surface area contributed by atoms with Gasteiger partial charge in [-0.2, -0.15) is 18.3 Å². The molecule has 2 aromatic rings. The van der Waals surface area contributed by atoms with Crippen LogP contribution in [-0.4, -0.2) is 34.2 Å². The number of nitrogens with zero attached hydrogens (tertiary/aromatic N) is 4. The van der Waals surface area contributed by atoms with Crippen molar-refractivity contribution in [3.63, 3.8) is 0 Å². The second kappa shape index (κ2) is 6.48. The number of aliphatic imine (C=N–C) groups is 1. The molecule has 0 aliphatic carbocycles. The smallest absolute Gasteiger partial charge is 0.384 e. The third-order valence-electron chi connectivity index (χ3n) is 2.81. The molecule has 2 heterocycles. The van der Waals surface area contributed by atoms with Crippen LogP contribution in [-0.2, 0) is 6.18 Å². The Hall–Kier alpha value is -2.55. The van der Waals surface area contributed by atoms with E-state index in [1.807, 2.05) is 0 Å². The number of benzene rings is 1. The van der Waals surface area contributed by atoms with Gasteiger partial charge in [-0.15, -0.1) is 0 Å². The van der Waals surface area contributed by atoms with Gasteiger partial charge in [0.2, 0.25) is 0 Å². The maximum atomic E-state index is 12.4. The van der Waals surface area contributed by atoms with Crippen LogP contribution in [0.25, 0.3) is 5.69 Å². The Morgan fingerprint density at radius 3 is 2.41 bits per heavy atom. The van der Waals surface area contributed by atoms with Crippen molar-refractivity contribution < 1.29 is 13.2 Å². The lowest BCUT2D eigenvalue weighted by Gasteiger charge is -2.09. The molecule has 0 atom stereocenters. The number of anilines is 1. The summed E-state index contributed by atoms with van der Waals surface area (Å²) in [7, 11) is 0. The van der Waals surface area contributed by atoms with Gasteiger partial charge in [-0.3, -0.25) is 10.0 Å². The van der Waals surface area contributed by atoms with E-state index in [2.05, 4.69) is 10.1 Å². The highest BCUT2D eigenvalue weighted by atomic mass is 19.4. The van der Waals surface area contributed by atoms with Crippen LogP contribution >= 0.6 is 0 Å². The van der Waals surface area contributed by atoms with E-state index in [4.69, 9.17) is 11.6 Å². The van der Waals surface area contributed by atoms with E-state index in [-0.39, 0.29) is 5.69 Å². The van der Waals surface area contributed by atoms with Gasteiger partial charge in [-0.05, 0) is 18.2 Å². The molecule has 22 heavy (non-hydrogen) atoms. The first-order valence-corrected chi connectivity index (χ1v) is 6.36. The van der Waals surface area contributed by atoms with E-state index in [0.29, 0.717) is 5.82 Å². The summed E-state index contributed by atoms with van der Waals surface area (Å²) in [6.07, 6.45) is -1.30. The van der Waals surface area contributed by atoms with Crippen LogP contribution in [0, 0.1) is 0 Å². The number of hydrogen-bond acceptors (Lipinski definition) is 5. The highest BCUT2D eigenvalue weighted by Crippen LogP contribution is 2.30. The summed E-state index contributed by atoms with van der Waals surface area (Å²) < 4.78 is 38.6. The zero-order valence-electron chi connectivity index (χ0n) is 11.5. The summed E-state index contributed by atoms with van der Waals surface area (Å²) in [5.74, 6) is 5.51. The Morgan fingerprint density at radius 2 is 1.95 bits per heavy atom. The molecule has 0 unspecified atom stereocenters. The minimum atomic E-state index is -4.36. The van der Waals surface area contributed by atoms with Crippen molar-refractivity contribution in [3.05, 3.63) is 42.1 Å². The third kappa shape index (κ3) is 3.98. The van der Waals surface area contributed by atoms with Gasteiger partial charge in [0.05, 0.1) is 36.9 Å². The fourth-order valence-corrected chi connectivity index (χ4v) is 1.74. The Labute approximate surface area is 124 Å². The topological polar surface area (TPSA) is 85.5 Å². The number of nitrogens with two attached hydrogens (primary N) is 2. The van der Waals surface area contributed by atoms with Gasteiger partial charge >= 0.3 is 6.18 Å². The lowest BCUT2D eigenvalue weighted by molar-refractivity contribution is -0.137. The van der Waals surface area contributed by atoms with Crippen LogP contribution < -0.4 is 11.6 Å². The highest BCUT2D eigenvalue weighted by molar-refractivity contribution is 5.55. The molecule has 1 aliphatic rings. The first kappa shape index (κ1) is 15.8. The van der Waals surface area contributed by atoms with Gasteiger partial charge < -0.3 is 5.73 Å². The number of aromatic nitrogens is 2. The summed E-state index contributed by atoms with van der Waals surface area (Å²) in [6.45, 7) is 1.73. The minimum absolute atomic E-state index is 0.289. The number of rotatable bonds is 1. The highest BCUT2D eigenvalue weighted by Gasteiger charge is 2.30. The molecule has 0 saturated carbocycles. The Kier molecular flexibility index (Phi) is 4.66. The molecular weight excluding hydrogens is 297 g/mol. The van der Waals surface area contributed by atoms with Crippen LogP contribution in [0.2, 0.25) is 0 Å². The van der Waals surface area contributed by atoms with Gasteiger partial charge in [0, 0.05) is 6.07 Å². The molecule has 118 valence electrons. The molecule has 0 fully saturated rings. The predicted molar refractivity (Wildman–Crippen MR) is 77.2 cm³/mol.